The van der Waals surface area contributed by atoms with Gasteiger partial charge in [-0.2, -0.15) is 0 Å². The number of aryl methyl sites for hydroxylation is 1. The second-order valence-electron chi connectivity index (χ2n) is 6.83. The zero-order chi connectivity index (χ0) is 20.4. The third-order valence-electron chi connectivity index (χ3n) is 4.88. The number of likely N-dealkylation sites (tertiary alicyclic amines) is 1. The minimum absolute atomic E-state index is 0.160. The van der Waals surface area contributed by atoms with Crippen LogP contribution in [0.3, 0.4) is 0 Å². The number of anilines is 1. The Labute approximate surface area is 172 Å². The molecular weight excluding hydrogens is 388 g/mol. The molecule has 0 N–H and O–H groups in total. The van der Waals surface area contributed by atoms with Crippen molar-refractivity contribution in [3.63, 3.8) is 0 Å². The van der Waals surface area contributed by atoms with E-state index >= 15 is 0 Å². The van der Waals surface area contributed by atoms with E-state index in [4.69, 9.17) is 0 Å². The molecule has 8 heteroatoms. The molecule has 1 saturated heterocycles. The van der Waals surface area contributed by atoms with E-state index in [9.17, 15) is 14.4 Å². The first-order chi connectivity index (χ1) is 14.0. The minimum atomic E-state index is -0.353. The van der Waals surface area contributed by atoms with Crippen LogP contribution in [0.2, 0.25) is 0 Å². The lowest BCUT2D eigenvalue weighted by molar-refractivity contribution is -0.141. The molecule has 3 amide bonds. The lowest BCUT2D eigenvalue weighted by Gasteiger charge is -2.22. The number of carbonyl (C=O) groups excluding carboxylic acids is 3. The first-order valence-electron chi connectivity index (χ1n) is 9.48. The van der Waals surface area contributed by atoms with Gasteiger partial charge in [0.05, 0.1) is 22.5 Å². The number of nitrogens with zero attached hydrogens (tertiary/aromatic N) is 4. The van der Waals surface area contributed by atoms with E-state index in [1.807, 2.05) is 24.3 Å². The largest absolute Gasteiger partial charge is 0.280 e. The Hall–Kier alpha value is -3.13. The number of hydrogen-bond donors (Lipinski definition) is 0. The van der Waals surface area contributed by atoms with E-state index < -0.39 is 0 Å². The molecule has 0 spiro atoms. The number of pyridine rings is 1. The van der Waals surface area contributed by atoms with Gasteiger partial charge in [0.25, 0.3) is 0 Å². The van der Waals surface area contributed by atoms with Crippen LogP contribution in [0.4, 0.5) is 5.13 Å². The van der Waals surface area contributed by atoms with Gasteiger partial charge in [-0.05, 0) is 36.2 Å². The Kier molecular flexibility index (Phi) is 5.35. The second kappa shape index (κ2) is 8.08. The summed E-state index contributed by atoms with van der Waals surface area (Å²) in [6.07, 6.45) is 2.90. The van der Waals surface area contributed by atoms with Crippen LogP contribution in [0.25, 0.3) is 10.2 Å². The van der Waals surface area contributed by atoms with E-state index in [1.54, 1.807) is 12.3 Å². The highest BCUT2D eigenvalue weighted by Crippen LogP contribution is 2.31. The maximum atomic E-state index is 13.1. The van der Waals surface area contributed by atoms with Crippen molar-refractivity contribution in [1.29, 1.82) is 0 Å². The van der Waals surface area contributed by atoms with E-state index in [0.717, 1.165) is 21.5 Å². The van der Waals surface area contributed by atoms with Crippen molar-refractivity contribution in [2.75, 3.05) is 11.4 Å². The van der Waals surface area contributed by atoms with Crippen LogP contribution in [0.15, 0.2) is 42.6 Å². The molecule has 1 aliphatic heterocycles. The summed E-state index contributed by atoms with van der Waals surface area (Å²) in [6.45, 7) is 2.03. The van der Waals surface area contributed by atoms with Crippen LogP contribution in [0.1, 0.15) is 31.0 Å². The van der Waals surface area contributed by atoms with Gasteiger partial charge in [-0.25, -0.2) is 4.98 Å². The van der Waals surface area contributed by atoms with Crippen LogP contribution in [-0.2, 0) is 27.3 Å². The summed E-state index contributed by atoms with van der Waals surface area (Å²) in [5.74, 6) is -0.968. The lowest BCUT2D eigenvalue weighted by atomic mass is 10.2. The zero-order valence-electron chi connectivity index (χ0n) is 16.0. The molecule has 1 aliphatic rings. The normalized spacial score (nSPS) is 14.0. The quantitative estimate of drug-likeness (QED) is 0.586. The van der Waals surface area contributed by atoms with Crippen LogP contribution in [0, 0.1) is 0 Å². The summed E-state index contributed by atoms with van der Waals surface area (Å²) in [6, 6.07) is 11.5. The lowest BCUT2D eigenvalue weighted by Crippen LogP contribution is -2.42. The van der Waals surface area contributed by atoms with Crippen LogP contribution in [0.5, 0.6) is 0 Å². The van der Waals surface area contributed by atoms with Crippen molar-refractivity contribution in [3.8, 4) is 0 Å². The first kappa shape index (κ1) is 19.2. The van der Waals surface area contributed by atoms with Crippen molar-refractivity contribution in [2.45, 2.75) is 32.7 Å². The maximum absolute atomic E-state index is 13.1. The van der Waals surface area contributed by atoms with Gasteiger partial charge in [-0.15, -0.1) is 0 Å². The molecule has 0 bridgehead atoms. The monoisotopic (exact) mass is 408 g/mol. The molecule has 3 heterocycles. The molecule has 0 aliphatic carbocycles. The van der Waals surface area contributed by atoms with Gasteiger partial charge in [-0.1, -0.05) is 30.4 Å². The fourth-order valence-electron chi connectivity index (χ4n) is 3.23. The third-order valence-corrected chi connectivity index (χ3v) is 5.92. The average Bonchev–Trinajstić information content (AvgIpc) is 3.30. The van der Waals surface area contributed by atoms with Gasteiger partial charge >= 0.3 is 0 Å². The molecule has 0 saturated carbocycles. The summed E-state index contributed by atoms with van der Waals surface area (Å²) < 4.78 is 0.992. The van der Waals surface area contributed by atoms with E-state index in [-0.39, 0.29) is 43.7 Å². The van der Waals surface area contributed by atoms with Gasteiger partial charge < -0.3 is 0 Å². The van der Waals surface area contributed by atoms with E-state index in [2.05, 4.69) is 23.0 Å². The number of hydrogen-bond acceptors (Lipinski definition) is 6. The number of amides is 3. The summed E-state index contributed by atoms with van der Waals surface area (Å²) in [4.78, 5) is 48.5. The minimum Gasteiger partial charge on any atom is -0.280 e. The van der Waals surface area contributed by atoms with Gasteiger partial charge in [0.2, 0.25) is 17.7 Å². The fourth-order valence-corrected chi connectivity index (χ4v) is 4.27. The molecule has 0 radical (unpaired) electrons. The Morgan fingerprint density at radius 3 is 2.66 bits per heavy atom. The Morgan fingerprint density at radius 1 is 1.17 bits per heavy atom. The molecule has 7 nitrogen and oxygen atoms in total. The molecule has 4 rings (SSSR count). The second-order valence-corrected chi connectivity index (χ2v) is 7.84. The summed E-state index contributed by atoms with van der Waals surface area (Å²) in [7, 11) is 0. The van der Waals surface area contributed by atoms with Crippen LogP contribution >= 0.6 is 11.3 Å². The molecule has 1 fully saturated rings. The number of carbonyl (C=O) groups is 3. The van der Waals surface area contributed by atoms with Crippen molar-refractivity contribution in [3.05, 3.63) is 53.9 Å². The number of aromatic nitrogens is 2. The third kappa shape index (κ3) is 4.02. The van der Waals surface area contributed by atoms with Gasteiger partial charge in [-0.3, -0.25) is 29.2 Å². The SMILES string of the molecule is CCc1ccc2nc(N(Cc3ccccn3)C(=O)CN3C(=O)CCC3=O)sc2c1. The fraction of sp³-hybridized carbons (Fsp3) is 0.286. The molecule has 1 aromatic carbocycles. The van der Waals surface area contributed by atoms with Crippen molar-refractivity contribution < 1.29 is 14.4 Å². The van der Waals surface area contributed by atoms with E-state index in [1.165, 1.54) is 21.8 Å². The smallest absolute Gasteiger partial charge is 0.249 e. The molecule has 3 aromatic rings. The highest BCUT2D eigenvalue weighted by atomic mass is 32.1. The van der Waals surface area contributed by atoms with Crippen molar-refractivity contribution >= 4 is 44.4 Å². The average molecular weight is 408 g/mol. The Balaban J connectivity index is 1.67. The summed E-state index contributed by atoms with van der Waals surface area (Å²) in [5, 5.41) is 0.531. The standard InChI is InChI=1S/C21H20N4O3S/c1-2-14-6-7-16-17(11-14)29-21(23-16)25(12-15-5-3-4-10-22-15)20(28)13-24-18(26)8-9-19(24)27/h3-7,10-11H,2,8-9,12-13H2,1H3. The first-order valence-corrected chi connectivity index (χ1v) is 10.3. The molecule has 148 valence electrons. The van der Waals surface area contributed by atoms with E-state index in [0.29, 0.717) is 10.8 Å². The molecule has 2 aromatic heterocycles. The predicted octanol–water partition coefficient (Wildman–Crippen LogP) is 2.94. The number of benzene rings is 1. The topological polar surface area (TPSA) is 83.5 Å². The number of imide groups is 1. The van der Waals surface area contributed by atoms with Crippen LogP contribution < -0.4 is 4.90 Å². The predicted molar refractivity (Wildman–Crippen MR) is 110 cm³/mol. The van der Waals surface area contributed by atoms with Crippen LogP contribution in [-0.4, -0.2) is 39.1 Å². The van der Waals surface area contributed by atoms with Crippen molar-refractivity contribution in [1.82, 2.24) is 14.9 Å². The molecule has 29 heavy (non-hydrogen) atoms. The Morgan fingerprint density at radius 2 is 1.97 bits per heavy atom. The highest BCUT2D eigenvalue weighted by Gasteiger charge is 2.33. The van der Waals surface area contributed by atoms with Crippen molar-refractivity contribution in [2.24, 2.45) is 0 Å². The molecule has 0 unspecified atom stereocenters. The number of rotatable bonds is 6. The summed E-state index contributed by atoms with van der Waals surface area (Å²) >= 11 is 1.42. The van der Waals surface area contributed by atoms with Gasteiger partial charge in [0, 0.05) is 19.0 Å². The summed E-state index contributed by atoms with van der Waals surface area (Å²) in [5.41, 5.74) is 2.71. The molecular formula is C21H20N4O3S. The Bertz CT molecular complexity index is 1060. The molecule has 0 atom stereocenters. The number of thiazole rings is 1. The van der Waals surface area contributed by atoms with Gasteiger partial charge in [0.15, 0.2) is 5.13 Å². The number of fused-ring (bicyclic) bond motifs is 1. The van der Waals surface area contributed by atoms with Gasteiger partial charge in [0.1, 0.15) is 6.54 Å². The maximum Gasteiger partial charge on any atom is 0.249 e. The zero-order valence-corrected chi connectivity index (χ0v) is 16.8. The highest BCUT2D eigenvalue weighted by molar-refractivity contribution is 7.22.